The molecule has 0 bridgehead atoms. The number of hydrogen-bond acceptors (Lipinski definition) is 3. The summed E-state index contributed by atoms with van der Waals surface area (Å²) in [6.45, 7) is 7.59. The van der Waals surface area contributed by atoms with Crippen molar-refractivity contribution in [2.45, 2.75) is 49.3 Å². The molecule has 2 nitrogen and oxygen atoms in total. The summed E-state index contributed by atoms with van der Waals surface area (Å²) < 4.78 is 48.7. The SMILES string of the molecule is CC1(C)OB(c2ccc(SC(F)(F)F)cc2Cl)OC1(C)C. The molecule has 0 aromatic heterocycles. The van der Waals surface area contributed by atoms with Gasteiger partial charge in [-0.3, -0.25) is 0 Å². The average Bonchev–Trinajstić information content (AvgIpc) is 2.45. The minimum atomic E-state index is -4.34. The first kappa shape index (κ1) is 17.0. The van der Waals surface area contributed by atoms with E-state index in [4.69, 9.17) is 20.9 Å². The van der Waals surface area contributed by atoms with Crippen LogP contribution in [0, 0.1) is 0 Å². The number of alkyl halides is 3. The first-order chi connectivity index (χ1) is 9.41. The molecule has 1 aromatic rings. The van der Waals surface area contributed by atoms with Crippen molar-refractivity contribution in [3.8, 4) is 0 Å². The van der Waals surface area contributed by atoms with Gasteiger partial charge in [0.25, 0.3) is 0 Å². The van der Waals surface area contributed by atoms with Gasteiger partial charge < -0.3 is 9.31 Å². The van der Waals surface area contributed by atoms with Gasteiger partial charge in [-0.15, -0.1) is 0 Å². The monoisotopic (exact) mass is 338 g/mol. The Morgan fingerprint density at radius 2 is 1.62 bits per heavy atom. The van der Waals surface area contributed by atoms with Gasteiger partial charge in [-0.25, -0.2) is 0 Å². The standard InChI is InChI=1S/C13H15BClF3O2S/c1-11(2)12(3,4)20-14(19-11)9-6-5-8(7-10(9)15)21-13(16,17)18/h5-7H,1-4H3. The second-order valence-electron chi connectivity index (χ2n) is 5.82. The topological polar surface area (TPSA) is 18.5 Å². The summed E-state index contributed by atoms with van der Waals surface area (Å²) in [4.78, 5) is 0.0350. The zero-order valence-corrected chi connectivity index (χ0v) is 13.6. The summed E-state index contributed by atoms with van der Waals surface area (Å²) >= 11 is 5.88. The van der Waals surface area contributed by atoms with E-state index in [0.29, 0.717) is 5.46 Å². The summed E-state index contributed by atoms with van der Waals surface area (Å²) in [5, 5.41) is 0.197. The van der Waals surface area contributed by atoms with Crippen LogP contribution in [0.15, 0.2) is 23.1 Å². The maximum absolute atomic E-state index is 12.3. The molecule has 0 N–H and O–H groups in total. The Hall–Kier alpha value is -0.365. The smallest absolute Gasteiger partial charge is 0.399 e. The third kappa shape index (κ3) is 3.70. The zero-order chi connectivity index (χ0) is 16.1. The fraction of sp³-hybridized carbons (Fsp3) is 0.538. The minimum Gasteiger partial charge on any atom is -0.399 e. The highest BCUT2D eigenvalue weighted by atomic mass is 35.5. The number of benzene rings is 1. The number of halogens is 4. The highest BCUT2D eigenvalue weighted by Gasteiger charge is 2.52. The predicted octanol–water partition coefficient (Wildman–Crippen LogP) is 4.25. The van der Waals surface area contributed by atoms with Gasteiger partial charge in [-0.2, -0.15) is 13.2 Å². The molecular weight excluding hydrogens is 323 g/mol. The zero-order valence-electron chi connectivity index (χ0n) is 12.0. The molecule has 0 amide bonds. The van der Waals surface area contributed by atoms with Crippen LogP contribution < -0.4 is 5.46 Å². The molecule has 0 saturated carbocycles. The maximum Gasteiger partial charge on any atom is 0.496 e. The Morgan fingerprint density at radius 3 is 2.05 bits per heavy atom. The van der Waals surface area contributed by atoms with E-state index < -0.39 is 23.8 Å². The Balaban J connectivity index is 2.23. The van der Waals surface area contributed by atoms with Gasteiger partial charge in [0.05, 0.1) is 11.2 Å². The minimum absolute atomic E-state index is 0.0350. The molecule has 0 spiro atoms. The van der Waals surface area contributed by atoms with Gasteiger partial charge in [0.1, 0.15) is 0 Å². The van der Waals surface area contributed by atoms with Gasteiger partial charge >= 0.3 is 12.6 Å². The Morgan fingerprint density at radius 1 is 1.10 bits per heavy atom. The highest BCUT2D eigenvalue weighted by molar-refractivity contribution is 8.00. The van der Waals surface area contributed by atoms with Crippen molar-refractivity contribution in [3.63, 3.8) is 0 Å². The van der Waals surface area contributed by atoms with Crippen molar-refractivity contribution in [2.24, 2.45) is 0 Å². The molecule has 1 aliphatic rings. The Kier molecular flexibility index (Phi) is 4.35. The Bertz CT molecular complexity index is 533. The molecule has 0 radical (unpaired) electrons. The van der Waals surface area contributed by atoms with Gasteiger partial charge in [0.2, 0.25) is 0 Å². The van der Waals surface area contributed by atoms with Crippen LogP contribution in [0.4, 0.5) is 13.2 Å². The van der Waals surface area contributed by atoms with Crippen LogP contribution in [0.25, 0.3) is 0 Å². The highest BCUT2D eigenvalue weighted by Crippen LogP contribution is 2.39. The van der Waals surface area contributed by atoms with Crippen LogP contribution in [-0.2, 0) is 9.31 Å². The molecule has 8 heteroatoms. The van der Waals surface area contributed by atoms with Gasteiger partial charge in [0, 0.05) is 15.4 Å². The molecule has 1 saturated heterocycles. The summed E-state index contributed by atoms with van der Waals surface area (Å²) in [7, 11) is -0.688. The van der Waals surface area contributed by atoms with E-state index in [1.54, 1.807) is 0 Å². The average molecular weight is 339 g/mol. The molecule has 1 aromatic carbocycles. The molecule has 0 unspecified atom stereocenters. The fourth-order valence-corrected chi connectivity index (χ4v) is 2.78. The second-order valence-corrected chi connectivity index (χ2v) is 7.37. The lowest BCUT2D eigenvalue weighted by molar-refractivity contribution is -0.0328. The van der Waals surface area contributed by atoms with E-state index in [9.17, 15) is 13.2 Å². The lowest BCUT2D eigenvalue weighted by Gasteiger charge is -2.32. The van der Waals surface area contributed by atoms with Crippen LogP contribution in [0.5, 0.6) is 0 Å². The van der Waals surface area contributed by atoms with Crippen molar-refractivity contribution in [1.82, 2.24) is 0 Å². The lowest BCUT2D eigenvalue weighted by atomic mass is 9.79. The molecule has 1 aliphatic heterocycles. The van der Waals surface area contributed by atoms with Crippen LogP contribution in [0.3, 0.4) is 0 Å². The van der Waals surface area contributed by atoms with E-state index in [2.05, 4.69) is 0 Å². The van der Waals surface area contributed by atoms with E-state index in [1.165, 1.54) is 18.2 Å². The molecule has 116 valence electrons. The first-order valence-corrected chi connectivity index (χ1v) is 7.52. The molecule has 1 heterocycles. The third-order valence-corrected chi connectivity index (χ3v) is 4.76. The van der Waals surface area contributed by atoms with Gasteiger partial charge in [0.15, 0.2) is 0 Å². The van der Waals surface area contributed by atoms with Crippen LogP contribution in [0.1, 0.15) is 27.7 Å². The normalized spacial score (nSPS) is 20.9. The summed E-state index contributed by atoms with van der Waals surface area (Å²) in [6, 6.07) is 4.16. The Labute approximate surface area is 131 Å². The van der Waals surface area contributed by atoms with Crippen molar-refractivity contribution in [1.29, 1.82) is 0 Å². The molecule has 21 heavy (non-hydrogen) atoms. The van der Waals surface area contributed by atoms with Crippen LogP contribution >= 0.6 is 23.4 Å². The lowest BCUT2D eigenvalue weighted by Crippen LogP contribution is -2.41. The fourth-order valence-electron chi connectivity index (χ4n) is 1.87. The quantitative estimate of drug-likeness (QED) is 0.593. The van der Waals surface area contributed by atoms with Crippen molar-refractivity contribution in [2.75, 3.05) is 0 Å². The predicted molar refractivity (Wildman–Crippen MR) is 79.1 cm³/mol. The van der Waals surface area contributed by atoms with E-state index in [-0.39, 0.29) is 21.7 Å². The summed E-state index contributed by atoms with van der Waals surface area (Å²) in [6.07, 6.45) is 0. The van der Waals surface area contributed by atoms with E-state index >= 15 is 0 Å². The summed E-state index contributed by atoms with van der Waals surface area (Å²) in [5.41, 5.74) is -4.86. The van der Waals surface area contributed by atoms with Crippen LogP contribution in [-0.4, -0.2) is 23.8 Å². The third-order valence-electron chi connectivity index (χ3n) is 3.71. The summed E-state index contributed by atoms with van der Waals surface area (Å²) in [5.74, 6) is 0. The van der Waals surface area contributed by atoms with Crippen molar-refractivity contribution in [3.05, 3.63) is 23.2 Å². The van der Waals surface area contributed by atoms with Gasteiger partial charge in [-0.1, -0.05) is 17.7 Å². The first-order valence-electron chi connectivity index (χ1n) is 6.32. The van der Waals surface area contributed by atoms with Crippen molar-refractivity contribution >= 4 is 35.9 Å². The van der Waals surface area contributed by atoms with Crippen LogP contribution in [0.2, 0.25) is 5.02 Å². The molecule has 0 atom stereocenters. The largest absolute Gasteiger partial charge is 0.496 e. The van der Waals surface area contributed by atoms with E-state index in [1.807, 2.05) is 27.7 Å². The van der Waals surface area contributed by atoms with Crippen molar-refractivity contribution < 1.29 is 22.5 Å². The molecular formula is C13H15BClF3O2S. The van der Waals surface area contributed by atoms with Gasteiger partial charge in [-0.05, 0) is 51.6 Å². The molecule has 0 aliphatic carbocycles. The molecule has 2 rings (SSSR count). The molecule has 1 fully saturated rings. The van der Waals surface area contributed by atoms with E-state index in [0.717, 1.165) is 0 Å². The number of thioether (sulfide) groups is 1. The second kappa shape index (κ2) is 5.37. The number of rotatable bonds is 2. The maximum atomic E-state index is 12.3. The number of hydrogen-bond donors (Lipinski definition) is 0.